The third-order valence-corrected chi connectivity index (χ3v) is 5.51. The number of methoxy groups -OCH3 is 1. The molecule has 9 nitrogen and oxygen atoms in total. The first kappa shape index (κ1) is 22.8. The molecular formula is C21H22F3N5O4. The van der Waals surface area contributed by atoms with Gasteiger partial charge in [0, 0.05) is 19.6 Å². The third kappa shape index (κ3) is 4.55. The second kappa shape index (κ2) is 9.21. The molecule has 2 aromatic rings. The van der Waals surface area contributed by atoms with Crippen molar-refractivity contribution < 1.29 is 32.1 Å². The minimum atomic E-state index is -4.73. The number of benzene rings is 1. The van der Waals surface area contributed by atoms with Crippen molar-refractivity contribution in [3.63, 3.8) is 0 Å². The summed E-state index contributed by atoms with van der Waals surface area (Å²) in [5, 5.41) is 15.2. The summed E-state index contributed by atoms with van der Waals surface area (Å²) in [4.78, 5) is 2.21. The minimum absolute atomic E-state index is 0.155. The lowest BCUT2D eigenvalue weighted by Crippen LogP contribution is -2.38. The summed E-state index contributed by atoms with van der Waals surface area (Å²) in [6.07, 6.45) is -4.73. The molecular weight excluding hydrogens is 443 g/mol. The van der Waals surface area contributed by atoms with E-state index in [1.165, 1.54) is 13.2 Å². The largest absolute Gasteiger partial charge is 0.493 e. The van der Waals surface area contributed by atoms with Crippen molar-refractivity contribution in [1.29, 1.82) is 5.26 Å². The Morgan fingerprint density at radius 3 is 2.73 bits per heavy atom. The van der Waals surface area contributed by atoms with Gasteiger partial charge in [-0.1, -0.05) is 6.07 Å². The number of allylic oxidation sites excluding steroid dienone is 1. The fourth-order valence-electron chi connectivity index (χ4n) is 3.89. The number of ether oxygens (including phenoxy) is 4. The lowest BCUT2D eigenvalue weighted by Gasteiger charge is -2.27. The number of nitrogens with one attached hydrogen (secondary N) is 1. The Labute approximate surface area is 187 Å². The van der Waals surface area contributed by atoms with Gasteiger partial charge in [-0.25, -0.2) is 0 Å². The molecule has 176 valence electrons. The number of fused-ring (bicyclic) bond motifs is 1. The molecule has 0 saturated carbocycles. The number of aromatic nitrogens is 2. The summed E-state index contributed by atoms with van der Waals surface area (Å²) >= 11 is 0. The first-order chi connectivity index (χ1) is 15.8. The van der Waals surface area contributed by atoms with Crippen LogP contribution in [0.25, 0.3) is 0 Å². The molecule has 0 aliphatic carbocycles. The molecule has 2 aliphatic heterocycles. The molecule has 1 atom stereocenters. The van der Waals surface area contributed by atoms with Crippen LogP contribution in [0.15, 0.2) is 29.7 Å². The molecule has 33 heavy (non-hydrogen) atoms. The van der Waals surface area contributed by atoms with Crippen molar-refractivity contribution in [2.45, 2.75) is 12.1 Å². The van der Waals surface area contributed by atoms with Crippen LogP contribution in [0.3, 0.4) is 0 Å². The molecule has 3 N–H and O–H groups in total. The minimum Gasteiger partial charge on any atom is -0.493 e. The van der Waals surface area contributed by atoms with Crippen LogP contribution in [0, 0.1) is 11.3 Å². The quantitative estimate of drug-likeness (QED) is 0.668. The van der Waals surface area contributed by atoms with E-state index in [-0.39, 0.29) is 22.9 Å². The zero-order chi connectivity index (χ0) is 23.6. The molecule has 2 aliphatic rings. The van der Waals surface area contributed by atoms with E-state index in [9.17, 15) is 18.4 Å². The van der Waals surface area contributed by atoms with Crippen molar-refractivity contribution >= 4 is 0 Å². The Morgan fingerprint density at radius 2 is 2.06 bits per heavy atom. The number of hydrogen-bond donors (Lipinski definition) is 2. The molecule has 0 spiro atoms. The lowest BCUT2D eigenvalue weighted by molar-refractivity contribution is -0.141. The van der Waals surface area contributed by atoms with Crippen molar-refractivity contribution in [2.75, 3.05) is 46.6 Å². The molecule has 4 rings (SSSR count). The van der Waals surface area contributed by atoms with Gasteiger partial charge in [-0.15, -0.1) is 5.10 Å². The molecule has 1 fully saturated rings. The average Bonchev–Trinajstić information content (AvgIpc) is 3.23. The van der Waals surface area contributed by atoms with E-state index >= 15 is 0 Å². The van der Waals surface area contributed by atoms with Gasteiger partial charge in [0.2, 0.25) is 11.8 Å². The highest BCUT2D eigenvalue weighted by molar-refractivity contribution is 5.57. The van der Waals surface area contributed by atoms with Gasteiger partial charge in [0.05, 0.1) is 31.8 Å². The average molecular weight is 465 g/mol. The second-order valence-electron chi connectivity index (χ2n) is 7.45. The van der Waals surface area contributed by atoms with Gasteiger partial charge >= 0.3 is 6.18 Å². The Morgan fingerprint density at radius 1 is 1.30 bits per heavy atom. The van der Waals surface area contributed by atoms with E-state index < -0.39 is 17.8 Å². The van der Waals surface area contributed by atoms with E-state index in [2.05, 4.69) is 10.00 Å². The summed E-state index contributed by atoms with van der Waals surface area (Å²) in [5.41, 5.74) is 4.60. The molecule has 1 aromatic heterocycles. The van der Waals surface area contributed by atoms with Crippen LogP contribution in [-0.4, -0.2) is 61.7 Å². The van der Waals surface area contributed by atoms with Gasteiger partial charge in [0.1, 0.15) is 23.9 Å². The molecule has 0 amide bonds. The van der Waals surface area contributed by atoms with Crippen LogP contribution in [0.2, 0.25) is 0 Å². The van der Waals surface area contributed by atoms with Crippen LogP contribution in [-0.2, 0) is 10.9 Å². The maximum Gasteiger partial charge on any atom is 0.433 e. The van der Waals surface area contributed by atoms with Gasteiger partial charge in [0.25, 0.3) is 0 Å². The Hall–Kier alpha value is -3.43. The number of alkyl halides is 3. The Kier molecular flexibility index (Phi) is 6.35. The van der Waals surface area contributed by atoms with E-state index in [4.69, 9.17) is 24.7 Å². The Bertz CT molecular complexity index is 1090. The number of hydrogen-bond acceptors (Lipinski definition) is 8. The summed E-state index contributed by atoms with van der Waals surface area (Å²) < 4.78 is 62.6. The topological polar surface area (TPSA) is 119 Å². The number of H-pyrrole nitrogens is 1. The number of morpholine rings is 1. The lowest BCUT2D eigenvalue weighted by atomic mass is 9.83. The van der Waals surface area contributed by atoms with Crippen molar-refractivity contribution in [3.05, 3.63) is 46.5 Å². The first-order valence-electron chi connectivity index (χ1n) is 10.2. The number of rotatable bonds is 6. The maximum absolute atomic E-state index is 13.6. The standard InChI is InChI=1S/C21H22F3N5O4/c1-30-15-10-12(2-3-14(15)32-9-6-29-4-7-31-8-5-29)16-13(11-25)19(26)33-20-17(16)18(27-28-20)21(22,23)24/h2-3,10,16H,4-9,26H2,1H3,(H,27,28). The maximum atomic E-state index is 13.6. The predicted octanol–water partition coefficient (Wildman–Crippen LogP) is 2.37. The number of nitrogens with two attached hydrogens (primary N) is 1. The van der Waals surface area contributed by atoms with Gasteiger partial charge in [0.15, 0.2) is 11.5 Å². The van der Waals surface area contributed by atoms with Crippen LogP contribution < -0.4 is 19.9 Å². The highest BCUT2D eigenvalue weighted by Crippen LogP contribution is 2.48. The van der Waals surface area contributed by atoms with E-state index in [1.807, 2.05) is 11.2 Å². The number of nitrogens with zero attached hydrogens (tertiary/aromatic N) is 3. The monoisotopic (exact) mass is 465 g/mol. The fourth-order valence-corrected chi connectivity index (χ4v) is 3.89. The number of nitriles is 1. The molecule has 0 radical (unpaired) electrons. The van der Waals surface area contributed by atoms with Gasteiger partial charge < -0.3 is 24.7 Å². The SMILES string of the molecule is COc1cc(C2C(C#N)=C(N)Oc3n[nH]c(C(F)(F)F)c32)ccc1OCCN1CCOCC1. The molecule has 12 heteroatoms. The molecule has 1 saturated heterocycles. The molecule has 1 aromatic carbocycles. The smallest absolute Gasteiger partial charge is 0.433 e. The van der Waals surface area contributed by atoms with Crippen molar-refractivity contribution in [1.82, 2.24) is 15.1 Å². The van der Waals surface area contributed by atoms with Crippen LogP contribution in [0.5, 0.6) is 17.4 Å². The predicted molar refractivity (Wildman–Crippen MR) is 109 cm³/mol. The molecule has 1 unspecified atom stereocenters. The number of aromatic amines is 1. The first-order valence-corrected chi connectivity index (χ1v) is 10.2. The van der Waals surface area contributed by atoms with Gasteiger partial charge in [-0.2, -0.15) is 18.4 Å². The molecule has 3 heterocycles. The van der Waals surface area contributed by atoms with Crippen LogP contribution >= 0.6 is 0 Å². The summed E-state index contributed by atoms with van der Waals surface area (Å²) in [6, 6.07) is 6.57. The highest BCUT2D eigenvalue weighted by Gasteiger charge is 2.44. The summed E-state index contributed by atoms with van der Waals surface area (Å²) in [6.45, 7) is 4.09. The Balaban J connectivity index is 1.64. The normalized spacial score (nSPS) is 18.9. The summed E-state index contributed by atoms with van der Waals surface area (Å²) in [5.74, 6) is -1.03. The van der Waals surface area contributed by atoms with Gasteiger partial charge in [-0.3, -0.25) is 10.00 Å². The fraction of sp³-hybridized carbons (Fsp3) is 0.429. The zero-order valence-electron chi connectivity index (χ0n) is 17.7. The highest BCUT2D eigenvalue weighted by atomic mass is 19.4. The van der Waals surface area contributed by atoms with Crippen molar-refractivity contribution in [2.24, 2.45) is 5.73 Å². The third-order valence-electron chi connectivity index (χ3n) is 5.51. The zero-order valence-corrected chi connectivity index (χ0v) is 17.7. The second-order valence-corrected chi connectivity index (χ2v) is 7.45. The van der Waals surface area contributed by atoms with E-state index in [1.54, 1.807) is 12.1 Å². The summed E-state index contributed by atoms with van der Waals surface area (Å²) in [7, 11) is 1.43. The van der Waals surface area contributed by atoms with Gasteiger partial charge in [-0.05, 0) is 17.7 Å². The van der Waals surface area contributed by atoms with E-state index in [0.717, 1.165) is 13.1 Å². The van der Waals surface area contributed by atoms with Crippen LogP contribution in [0.4, 0.5) is 13.2 Å². The van der Waals surface area contributed by atoms with Crippen molar-refractivity contribution in [3.8, 4) is 23.4 Å². The number of halogens is 3. The van der Waals surface area contributed by atoms with Crippen LogP contribution in [0.1, 0.15) is 22.7 Å². The van der Waals surface area contributed by atoms with E-state index in [0.29, 0.717) is 43.4 Å². The molecule has 0 bridgehead atoms.